The van der Waals surface area contributed by atoms with E-state index in [4.69, 9.17) is 5.73 Å². The van der Waals surface area contributed by atoms with Crippen molar-refractivity contribution in [3.05, 3.63) is 11.1 Å². The van der Waals surface area contributed by atoms with Crippen LogP contribution in [0, 0.1) is 12.8 Å². The van der Waals surface area contributed by atoms with Gasteiger partial charge >= 0.3 is 0 Å². The molecule has 0 aliphatic carbocycles. The average Bonchev–Trinajstić information content (AvgIpc) is 2.88. The Morgan fingerprint density at radius 2 is 2.56 bits per heavy atom. The van der Waals surface area contributed by atoms with Gasteiger partial charge in [0, 0.05) is 18.0 Å². The van der Waals surface area contributed by atoms with E-state index in [0.717, 1.165) is 25.2 Å². The van der Waals surface area contributed by atoms with Crippen LogP contribution in [-0.2, 0) is 4.79 Å². The molecule has 0 aromatic carbocycles. The molecule has 0 spiro atoms. The van der Waals surface area contributed by atoms with E-state index in [2.05, 4.69) is 15.2 Å². The second-order valence-electron chi connectivity index (χ2n) is 4.99. The van der Waals surface area contributed by atoms with Crippen LogP contribution < -0.4 is 11.1 Å². The second-order valence-corrected chi connectivity index (χ2v) is 5.84. The minimum atomic E-state index is 0.00896. The van der Waals surface area contributed by atoms with E-state index in [1.807, 2.05) is 19.2 Å². The summed E-state index contributed by atoms with van der Waals surface area (Å²) in [6.07, 6.45) is 1.08. The van der Waals surface area contributed by atoms with Gasteiger partial charge in [-0.15, -0.1) is 11.3 Å². The second kappa shape index (κ2) is 5.77. The lowest BCUT2D eigenvalue weighted by Gasteiger charge is -2.16. The largest absolute Gasteiger partial charge is 0.328 e. The third-order valence-corrected chi connectivity index (χ3v) is 4.16. The van der Waals surface area contributed by atoms with Crippen LogP contribution >= 0.6 is 11.3 Å². The topological polar surface area (TPSA) is 71.2 Å². The number of aryl methyl sites for hydroxylation is 1. The Labute approximate surface area is 111 Å². The molecule has 1 amide bonds. The molecule has 0 radical (unpaired) electrons. The predicted molar refractivity (Wildman–Crippen MR) is 73.7 cm³/mol. The Kier molecular flexibility index (Phi) is 4.31. The zero-order valence-electron chi connectivity index (χ0n) is 10.8. The molecule has 2 rings (SSSR count). The van der Waals surface area contributed by atoms with Crippen LogP contribution in [0.3, 0.4) is 0 Å². The Morgan fingerprint density at radius 3 is 3.11 bits per heavy atom. The zero-order chi connectivity index (χ0) is 13.1. The minimum absolute atomic E-state index is 0.00896. The molecule has 2 unspecified atom stereocenters. The number of nitrogens with two attached hydrogens (primary N) is 1. The number of thiazole rings is 1. The lowest BCUT2D eigenvalue weighted by molar-refractivity contribution is -0.117. The maximum absolute atomic E-state index is 11.8. The number of hydrogen-bond acceptors (Lipinski definition) is 5. The van der Waals surface area contributed by atoms with E-state index in [1.54, 1.807) is 0 Å². The predicted octanol–water partition coefficient (Wildman–Crippen LogP) is 1.06. The normalized spacial score (nSPS) is 22.1. The molecule has 0 saturated carbocycles. The maximum Gasteiger partial charge on any atom is 0.240 e. The summed E-state index contributed by atoms with van der Waals surface area (Å²) in [5.74, 6) is 0.523. The standard InChI is InChI=1S/C12H20N4OS/c1-8-7-18-12(14-8)15-11(17)6-16-4-3-10(5-16)9(2)13/h7,9-10H,3-6,13H2,1-2H3,(H,14,15,17). The van der Waals surface area contributed by atoms with Crippen molar-refractivity contribution in [2.24, 2.45) is 11.7 Å². The van der Waals surface area contributed by atoms with Gasteiger partial charge in [0.2, 0.25) is 5.91 Å². The summed E-state index contributed by atoms with van der Waals surface area (Å²) < 4.78 is 0. The van der Waals surface area contributed by atoms with Gasteiger partial charge in [-0.05, 0) is 32.7 Å². The number of rotatable bonds is 4. The van der Waals surface area contributed by atoms with Crippen molar-refractivity contribution in [3.63, 3.8) is 0 Å². The van der Waals surface area contributed by atoms with E-state index in [-0.39, 0.29) is 11.9 Å². The first-order valence-corrected chi connectivity index (χ1v) is 7.12. The summed E-state index contributed by atoms with van der Waals surface area (Å²) in [6, 6.07) is 0.208. The number of amides is 1. The van der Waals surface area contributed by atoms with Gasteiger partial charge in [0.1, 0.15) is 0 Å². The molecule has 18 heavy (non-hydrogen) atoms. The molecule has 1 aliphatic heterocycles. The molecule has 5 nitrogen and oxygen atoms in total. The molecule has 1 aromatic heterocycles. The number of hydrogen-bond donors (Lipinski definition) is 2. The summed E-state index contributed by atoms with van der Waals surface area (Å²) in [7, 11) is 0. The van der Waals surface area contributed by atoms with Gasteiger partial charge in [-0.1, -0.05) is 0 Å². The van der Waals surface area contributed by atoms with Crippen molar-refractivity contribution in [2.45, 2.75) is 26.3 Å². The Hall–Kier alpha value is -0.980. The Bertz CT molecular complexity index is 418. The van der Waals surface area contributed by atoms with Gasteiger partial charge in [-0.3, -0.25) is 9.69 Å². The van der Waals surface area contributed by atoms with Crippen molar-refractivity contribution in [1.82, 2.24) is 9.88 Å². The summed E-state index contributed by atoms with van der Waals surface area (Å²) in [5.41, 5.74) is 6.82. The molecule has 1 aliphatic rings. The first kappa shape index (κ1) is 13.5. The lowest BCUT2D eigenvalue weighted by atomic mass is 10.0. The summed E-state index contributed by atoms with van der Waals surface area (Å²) >= 11 is 1.46. The van der Waals surface area contributed by atoms with Crippen molar-refractivity contribution in [3.8, 4) is 0 Å². The molecule has 1 aromatic rings. The fourth-order valence-electron chi connectivity index (χ4n) is 2.21. The number of aromatic nitrogens is 1. The van der Waals surface area contributed by atoms with Gasteiger partial charge in [-0.25, -0.2) is 4.98 Å². The monoisotopic (exact) mass is 268 g/mol. The quantitative estimate of drug-likeness (QED) is 0.856. The van der Waals surface area contributed by atoms with Gasteiger partial charge in [0.05, 0.1) is 12.2 Å². The molecule has 0 bridgehead atoms. The third kappa shape index (κ3) is 3.51. The summed E-state index contributed by atoms with van der Waals surface area (Å²) in [4.78, 5) is 18.2. The van der Waals surface area contributed by atoms with Crippen molar-refractivity contribution >= 4 is 22.4 Å². The number of anilines is 1. The molecule has 6 heteroatoms. The van der Waals surface area contributed by atoms with Crippen LogP contribution in [-0.4, -0.2) is 41.5 Å². The van der Waals surface area contributed by atoms with Crippen molar-refractivity contribution < 1.29 is 4.79 Å². The highest BCUT2D eigenvalue weighted by Crippen LogP contribution is 2.19. The molecule has 1 fully saturated rings. The highest BCUT2D eigenvalue weighted by Gasteiger charge is 2.26. The Morgan fingerprint density at radius 1 is 1.78 bits per heavy atom. The Balaban J connectivity index is 1.78. The van der Waals surface area contributed by atoms with Crippen LogP contribution in [0.1, 0.15) is 19.0 Å². The molecule has 100 valence electrons. The van der Waals surface area contributed by atoms with E-state index >= 15 is 0 Å². The average molecular weight is 268 g/mol. The molecular formula is C12H20N4OS. The summed E-state index contributed by atoms with van der Waals surface area (Å²) in [5, 5.41) is 5.44. The smallest absolute Gasteiger partial charge is 0.240 e. The highest BCUT2D eigenvalue weighted by atomic mass is 32.1. The molecular weight excluding hydrogens is 248 g/mol. The number of likely N-dealkylation sites (tertiary alicyclic amines) is 1. The number of nitrogens with one attached hydrogen (secondary N) is 1. The van der Waals surface area contributed by atoms with Gasteiger partial charge in [0.15, 0.2) is 5.13 Å². The fourth-order valence-corrected chi connectivity index (χ4v) is 2.91. The van der Waals surface area contributed by atoms with E-state index in [9.17, 15) is 4.79 Å². The number of carbonyl (C=O) groups is 1. The van der Waals surface area contributed by atoms with Crippen molar-refractivity contribution in [2.75, 3.05) is 25.0 Å². The summed E-state index contributed by atoms with van der Waals surface area (Å²) in [6.45, 7) is 6.26. The highest BCUT2D eigenvalue weighted by molar-refractivity contribution is 7.13. The fraction of sp³-hybridized carbons (Fsp3) is 0.667. The first-order valence-electron chi connectivity index (χ1n) is 6.24. The zero-order valence-corrected chi connectivity index (χ0v) is 11.7. The van der Waals surface area contributed by atoms with Crippen LogP contribution in [0.5, 0.6) is 0 Å². The molecule has 2 atom stereocenters. The lowest BCUT2D eigenvalue weighted by Crippen LogP contribution is -2.34. The number of carbonyl (C=O) groups excluding carboxylic acids is 1. The van der Waals surface area contributed by atoms with Crippen LogP contribution in [0.2, 0.25) is 0 Å². The van der Waals surface area contributed by atoms with Crippen molar-refractivity contribution in [1.29, 1.82) is 0 Å². The van der Waals surface area contributed by atoms with Gasteiger partial charge < -0.3 is 11.1 Å². The SMILES string of the molecule is Cc1csc(NC(=O)CN2CCC(C(C)N)C2)n1. The van der Waals surface area contributed by atoms with Gasteiger partial charge in [0.25, 0.3) is 0 Å². The van der Waals surface area contributed by atoms with Crippen LogP contribution in [0.15, 0.2) is 5.38 Å². The molecule has 3 N–H and O–H groups in total. The maximum atomic E-state index is 11.8. The first-order chi connectivity index (χ1) is 8.54. The van der Waals surface area contributed by atoms with E-state index in [0.29, 0.717) is 17.6 Å². The third-order valence-electron chi connectivity index (χ3n) is 3.28. The van der Waals surface area contributed by atoms with E-state index < -0.39 is 0 Å². The molecule has 1 saturated heterocycles. The minimum Gasteiger partial charge on any atom is -0.328 e. The number of nitrogens with zero attached hydrogens (tertiary/aromatic N) is 2. The van der Waals surface area contributed by atoms with Gasteiger partial charge in [-0.2, -0.15) is 0 Å². The molecule has 2 heterocycles. The van der Waals surface area contributed by atoms with Crippen LogP contribution in [0.25, 0.3) is 0 Å². The van der Waals surface area contributed by atoms with E-state index in [1.165, 1.54) is 11.3 Å². The van der Waals surface area contributed by atoms with Crippen LogP contribution in [0.4, 0.5) is 5.13 Å².